The van der Waals surface area contributed by atoms with E-state index in [4.69, 9.17) is 4.74 Å². The van der Waals surface area contributed by atoms with Gasteiger partial charge in [-0.3, -0.25) is 0 Å². The molecule has 434 valence electrons. The monoisotopic (exact) mass is 1220 g/mol. The lowest BCUT2D eigenvalue weighted by atomic mass is 10.2. The Bertz CT molecular complexity index is 3710. The predicted molar refractivity (Wildman–Crippen MR) is 356 cm³/mol. The summed E-state index contributed by atoms with van der Waals surface area (Å²) in [6.07, 6.45) is 0. The van der Waals surface area contributed by atoms with E-state index in [2.05, 4.69) is 166 Å². The Labute approximate surface area is 522 Å². The molecule has 0 aliphatic rings. The zero-order valence-electron chi connectivity index (χ0n) is 48.3. The van der Waals surface area contributed by atoms with Gasteiger partial charge >= 0.3 is 0 Å². The lowest BCUT2D eigenvalue weighted by Crippen LogP contribution is -2.22. The Balaban J connectivity index is 0.000000139. The van der Waals surface area contributed by atoms with Gasteiger partial charge in [0.15, 0.2) is 58.7 Å². The molecule has 0 unspecified atom stereocenters. The van der Waals surface area contributed by atoms with E-state index in [0.717, 1.165) is 30.2 Å². The fraction of sp³-hybridized carbons (Fsp3) is 0.0526. The summed E-state index contributed by atoms with van der Waals surface area (Å²) in [5.41, 5.74) is -0.179. The summed E-state index contributed by atoms with van der Waals surface area (Å²) in [5, 5.41) is 56.9. The molecule has 87 heavy (non-hydrogen) atoms. The average Bonchev–Trinajstić information content (AvgIpc) is 2.66. The molecule has 0 bridgehead atoms. The maximum absolute atomic E-state index is 9.49. The molecule has 0 atom stereocenters. The number of hydrogen-bond acceptors (Lipinski definition) is 7. The van der Waals surface area contributed by atoms with Gasteiger partial charge in [0.25, 0.3) is 0 Å². The second-order valence-corrected chi connectivity index (χ2v) is 28.5. The normalized spacial score (nSPS) is 10.9. The zero-order chi connectivity index (χ0) is 61.0. The van der Waals surface area contributed by atoms with Crippen LogP contribution in [0.15, 0.2) is 380 Å². The average molecular weight is 1220 g/mol. The Morgan fingerprint density at radius 1 is 0.195 bits per heavy atom. The molecular weight excluding hydrogens is 1150 g/mol. The van der Waals surface area contributed by atoms with Crippen molar-refractivity contribution in [2.24, 2.45) is 0 Å². The first-order chi connectivity index (χ1) is 42.2. The first-order valence-corrected chi connectivity index (χ1v) is 32.9. The van der Waals surface area contributed by atoms with Crippen LogP contribution >= 0.6 is 0 Å². The lowest BCUT2D eigenvalue weighted by Gasteiger charge is -2.21. The van der Waals surface area contributed by atoms with Crippen LogP contribution < -0.4 is 4.74 Å². The second-order valence-electron chi connectivity index (χ2n) is 20.4. The topological polar surface area (TPSA) is 131 Å². The molecule has 0 heterocycles. The summed E-state index contributed by atoms with van der Waals surface area (Å²) in [6.45, 7) is 6.21. The highest BCUT2D eigenvalue weighted by Crippen LogP contribution is 2.37. The summed E-state index contributed by atoms with van der Waals surface area (Å²) in [4.78, 5) is 14.3. The highest BCUT2D eigenvalue weighted by atomic mass is 32.2. The van der Waals surface area contributed by atoms with E-state index in [0.29, 0.717) is 5.75 Å². The summed E-state index contributed by atoms with van der Waals surface area (Å²) in [6, 6.07) is 105. The van der Waals surface area contributed by atoms with Crippen molar-refractivity contribution in [3.05, 3.63) is 322 Å². The molecule has 12 rings (SSSR count). The number of phenols is 6. The van der Waals surface area contributed by atoms with E-state index in [-0.39, 0.29) is 77.9 Å². The minimum Gasteiger partial charge on any atom is -0.508 e. The van der Waals surface area contributed by atoms with Gasteiger partial charge in [0.2, 0.25) is 0 Å². The molecule has 12 aromatic rings. The third kappa shape index (κ3) is 18.1. The molecule has 0 saturated carbocycles. The van der Waals surface area contributed by atoms with Gasteiger partial charge in [-0.15, -0.1) is 0 Å². The van der Waals surface area contributed by atoms with Gasteiger partial charge in [0, 0.05) is 0 Å². The minimum atomic E-state index is -0.373. The van der Waals surface area contributed by atoms with Gasteiger partial charge in [-0.05, 0) is 251 Å². The SMILES string of the molecule is CC(C)(C)Oc1ccc([S+](c2ccccc2)c2ccccc2)cc1.Oc1ccc([S+](c2ccc(O)cc2)c2ccc(O)cc2)cc1.Oc1ccc([S+](c2ccccc2)c2ccc(O)cc2)cc1.Oc1ccc([S+](c2ccccc2)c2ccccc2)cc1. The molecule has 6 N–H and O–H groups in total. The predicted octanol–water partition coefficient (Wildman–Crippen LogP) is 18.5. The van der Waals surface area contributed by atoms with Crippen molar-refractivity contribution in [2.45, 2.75) is 85.1 Å². The van der Waals surface area contributed by atoms with Gasteiger partial charge in [0.05, 0.1) is 43.6 Å². The Morgan fingerprint density at radius 2 is 0.333 bits per heavy atom. The maximum Gasteiger partial charge on any atom is 0.166 e. The number of phenolic OH excluding ortho intramolecular Hbond substituents is 6. The first kappa shape index (κ1) is 62.2. The zero-order valence-corrected chi connectivity index (χ0v) is 51.6. The Hall–Kier alpha value is -9.36. The van der Waals surface area contributed by atoms with Gasteiger partial charge in [-0.2, -0.15) is 0 Å². The molecular formula is C76H68O7S4+4. The molecule has 0 amide bonds. The van der Waals surface area contributed by atoms with E-state index >= 15 is 0 Å². The third-order valence-electron chi connectivity index (χ3n) is 12.8. The van der Waals surface area contributed by atoms with Crippen molar-refractivity contribution < 1.29 is 35.4 Å². The van der Waals surface area contributed by atoms with Gasteiger partial charge in [0.1, 0.15) is 45.8 Å². The number of hydrogen-bond donors (Lipinski definition) is 6. The van der Waals surface area contributed by atoms with Crippen LogP contribution in [0.4, 0.5) is 0 Å². The van der Waals surface area contributed by atoms with E-state index in [1.807, 2.05) is 103 Å². The van der Waals surface area contributed by atoms with E-state index in [1.54, 1.807) is 72.8 Å². The number of rotatable bonds is 13. The fourth-order valence-electron chi connectivity index (χ4n) is 8.91. The fourth-order valence-corrected chi connectivity index (χ4v) is 17.2. The smallest absolute Gasteiger partial charge is 0.166 e. The van der Waals surface area contributed by atoms with E-state index in [9.17, 15) is 30.6 Å². The molecule has 0 aliphatic carbocycles. The van der Waals surface area contributed by atoms with Crippen molar-refractivity contribution in [1.82, 2.24) is 0 Å². The molecule has 0 saturated heterocycles. The van der Waals surface area contributed by atoms with Crippen molar-refractivity contribution in [3.8, 4) is 40.2 Å². The highest BCUT2D eigenvalue weighted by molar-refractivity contribution is 7.98. The lowest BCUT2D eigenvalue weighted by molar-refractivity contribution is 0.131. The van der Waals surface area contributed by atoms with Crippen molar-refractivity contribution in [1.29, 1.82) is 0 Å². The molecule has 11 heteroatoms. The Kier molecular flexibility index (Phi) is 21.9. The first-order valence-electron chi connectivity index (χ1n) is 28.0. The molecule has 0 fully saturated rings. The van der Waals surface area contributed by atoms with Crippen molar-refractivity contribution in [2.75, 3.05) is 0 Å². The van der Waals surface area contributed by atoms with Crippen LogP contribution in [0, 0.1) is 0 Å². The van der Waals surface area contributed by atoms with E-state index in [1.165, 1.54) is 34.3 Å². The number of benzene rings is 12. The van der Waals surface area contributed by atoms with Crippen LogP contribution in [0.1, 0.15) is 20.8 Å². The standard InChI is InChI=1S/C22H23OS.C18H14O3S.C18H14O2S.C18H14OS/c1-22(2,3)23-18-14-16-21(17-15-18)24(19-10-6-4-7-11-19)20-12-8-5-9-13-20;19-13-1-7-16(8-2-13)22(17-9-3-14(20)4-10-17)18-11-5-15(21)6-12-18;19-14-6-10-17(11-7-14)21(16-4-2-1-3-5-16)18-12-8-15(20)9-13-18;19-15-11-13-18(14-12-15)20(16-7-3-1-4-8-16)17-9-5-2-6-10-17/h4-17H,1-3H3;1-12H,(H2-,19,20,21);1-13H,(H-,19,20);1-14H/q+1;;;/p+3. The molecule has 0 aromatic heterocycles. The van der Waals surface area contributed by atoms with Crippen LogP contribution in [-0.2, 0) is 43.6 Å². The van der Waals surface area contributed by atoms with Gasteiger partial charge in [-0.25, -0.2) is 0 Å². The molecule has 0 radical (unpaired) electrons. The molecule has 12 aromatic carbocycles. The summed E-state index contributed by atoms with van der Waals surface area (Å²) in [5.74, 6) is 2.42. The minimum absolute atomic E-state index is 0.102. The molecule has 0 aliphatic heterocycles. The summed E-state index contributed by atoms with van der Waals surface area (Å²) in [7, 11) is -0.862. The van der Waals surface area contributed by atoms with Crippen LogP contribution in [0.2, 0.25) is 0 Å². The van der Waals surface area contributed by atoms with E-state index < -0.39 is 0 Å². The van der Waals surface area contributed by atoms with Gasteiger partial charge in [-0.1, -0.05) is 91.0 Å². The summed E-state index contributed by atoms with van der Waals surface area (Å²) >= 11 is 0. The summed E-state index contributed by atoms with van der Waals surface area (Å²) < 4.78 is 5.95. The van der Waals surface area contributed by atoms with Crippen LogP contribution in [-0.4, -0.2) is 36.2 Å². The number of aromatic hydroxyl groups is 6. The highest BCUT2D eigenvalue weighted by Gasteiger charge is 2.32. The molecule has 7 nitrogen and oxygen atoms in total. The quantitative estimate of drug-likeness (QED) is 0.0634. The van der Waals surface area contributed by atoms with Crippen molar-refractivity contribution in [3.63, 3.8) is 0 Å². The van der Waals surface area contributed by atoms with Crippen LogP contribution in [0.25, 0.3) is 0 Å². The van der Waals surface area contributed by atoms with Crippen LogP contribution in [0.5, 0.6) is 40.2 Å². The van der Waals surface area contributed by atoms with Gasteiger partial charge < -0.3 is 35.4 Å². The molecule has 0 spiro atoms. The second kappa shape index (κ2) is 30.6. The maximum atomic E-state index is 9.49. The Morgan fingerprint density at radius 3 is 0.483 bits per heavy atom. The number of ether oxygens (including phenoxy) is 1. The third-order valence-corrected chi connectivity index (χ3v) is 21.7. The van der Waals surface area contributed by atoms with Crippen LogP contribution in [0.3, 0.4) is 0 Å². The van der Waals surface area contributed by atoms with Crippen molar-refractivity contribution >= 4 is 43.6 Å². The largest absolute Gasteiger partial charge is 0.508 e.